The maximum atomic E-state index is 13.4. The van der Waals surface area contributed by atoms with Gasteiger partial charge in [-0.05, 0) is 50.2 Å². The van der Waals surface area contributed by atoms with Gasteiger partial charge in [-0.2, -0.15) is 21.6 Å². The van der Waals surface area contributed by atoms with E-state index in [0.717, 1.165) is 17.7 Å². The van der Waals surface area contributed by atoms with E-state index in [4.69, 9.17) is 4.74 Å². The van der Waals surface area contributed by atoms with E-state index in [-0.39, 0.29) is 29.5 Å². The molecule has 0 atom stereocenters. The quantitative estimate of drug-likeness (QED) is 0.468. The van der Waals surface area contributed by atoms with Crippen molar-refractivity contribution in [2.75, 3.05) is 6.61 Å². The molecule has 2 aromatic rings. The Morgan fingerprint density at radius 2 is 1.62 bits per heavy atom. The lowest BCUT2D eigenvalue weighted by atomic mass is 10.1. The molecule has 0 spiro atoms. The van der Waals surface area contributed by atoms with Crippen LogP contribution in [-0.2, 0) is 19.2 Å². The molecule has 0 aliphatic heterocycles. The van der Waals surface area contributed by atoms with Crippen LogP contribution in [0, 0.1) is 6.92 Å². The third kappa shape index (κ3) is 6.60. The lowest BCUT2D eigenvalue weighted by molar-refractivity contribution is -0.117. The average Bonchev–Trinajstić information content (AvgIpc) is 2.62. The highest BCUT2D eigenvalue weighted by molar-refractivity contribution is 7.86. The van der Waals surface area contributed by atoms with Crippen molar-refractivity contribution in [3.63, 3.8) is 0 Å². The van der Waals surface area contributed by atoms with Crippen LogP contribution in [0.5, 0.6) is 5.75 Å². The van der Waals surface area contributed by atoms with E-state index in [2.05, 4.69) is 9.44 Å². The van der Waals surface area contributed by atoms with Crippen molar-refractivity contribution in [3.05, 3.63) is 59.7 Å². The molecule has 2 aromatic carbocycles. The van der Waals surface area contributed by atoms with Gasteiger partial charge in [0.25, 0.3) is 0 Å². The maximum Gasteiger partial charge on any atom is 0.437 e. The number of hydrogen-bond donors (Lipinski definition) is 0. The van der Waals surface area contributed by atoms with Crippen LogP contribution in [0.1, 0.15) is 24.5 Å². The number of nitrogens with zero attached hydrogens (tertiary/aromatic N) is 1. The first kappa shape index (κ1) is 22.4. The minimum atomic E-state index is -4.96. The van der Waals surface area contributed by atoms with Crippen LogP contribution in [0.3, 0.4) is 0 Å². The molecule has 2 rings (SSSR count). The normalized spacial score (nSPS) is 12.5. The van der Waals surface area contributed by atoms with Crippen LogP contribution < -0.4 is 4.74 Å². The van der Waals surface area contributed by atoms with Gasteiger partial charge in [-0.15, -0.1) is 0 Å². The lowest BCUT2D eigenvalue weighted by Gasteiger charge is -2.11. The van der Waals surface area contributed by atoms with Crippen molar-refractivity contribution >= 4 is 21.6 Å². The van der Waals surface area contributed by atoms with Crippen LogP contribution in [0.4, 0.5) is 13.2 Å². The molecular formula is C19H18F3NO5S. The van der Waals surface area contributed by atoms with Gasteiger partial charge in [0, 0.05) is 12.0 Å². The summed E-state index contributed by atoms with van der Waals surface area (Å²) in [5.74, 6) is 0.171. The Hall–Kier alpha value is -2.88. The van der Waals surface area contributed by atoms with Crippen molar-refractivity contribution in [3.8, 4) is 5.75 Å². The maximum absolute atomic E-state index is 13.4. The van der Waals surface area contributed by atoms with E-state index in [0.29, 0.717) is 0 Å². The third-order valence-corrected chi connectivity index (χ3v) is 4.78. The minimum Gasteiger partial charge on any atom is -0.493 e. The molecule has 0 saturated carbocycles. The summed E-state index contributed by atoms with van der Waals surface area (Å²) in [5, 5.41) is 2.87. The number of carbonyl (C=O) groups excluding carboxylic acids is 1. The average molecular weight is 429 g/mol. The molecule has 6 nitrogen and oxygen atoms in total. The highest BCUT2D eigenvalue weighted by Gasteiger charge is 2.38. The molecule has 0 bridgehead atoms. The summed E-state index contributed by atoms with van der Waals surface area (Å²) in [6, 6.07) is 10.0. The van der Waals surface area contributed by atoms with Crippen molar-refractivity contribution in [2.45, 2.75) is 31.3 Å². The number of ether oxygens (including phenoxy) is 1. The van der Waals surface area contributed by atoms with Gasteiger partial charge in [-0.25, -0.2) is 0 Å². The number of carbonyl (C=O) groups is 1. The van der Waals surface area contributed by atoms with Gasteiger partial charge < -0.3 is 4.74 Å². The third-order valence-electron chi connectivity index (χ3n) is 3.66. The summed E-state index contributed by atoms with van der Waals surface area (Å²) < 4.78 is 73.8. The largest absolute Gasteiger partial charge is 0.493 e. The summed E-state index contributed by atoms with van der Waals surface area (Å²) in [6.45, 7) is 3.21. The van der Waals surface area contributed by atoms with Gasteiger partial charge in [-0.3, -0.25) is 9.08 Å². The predicted octanol–water partition coefficient (Wildman–Crippen LogP) is 4.02. The van der Waals surface area contributed by atoms with Crippen molar-refractivity contribution in [2.24, 2.45) is 5.16 Å². The van der Waals surface area contributed by atoms with E-state index in [1.807, 2.05) is 0 Å². The summed E-state index contributed by atoms with van der Waals surface area (Å²) in [5.41, 5.74) is -1.15. The number of alkyl halides is 3. The number of benzene rings is 2. The van der Waals surface area contributed by atoms with Crippen LogP contribution >= 0.6 is 0 Å². The van der Waals surface area contributed by atoms with Gasteiger partial charge in [0.15, 0.2) is 5.71 Å². The molecule has 0 aliphatic rings. The zero-order chi connectivity index (χ0) is 21.7. The van der Waals surface area contributed by atoms with Crippen molar-refractivity contribution in [1.82, 2.24) is 0 Å². The second kappa shape index (κ2) is 9.08. The molecule has 0 saturated heterocycles. The Balaban J connectivity index is 2.23. The molecule has 156 valence electrons. The number of aryl methyl sites for hydroxylation is 1. The second-order valence-electron chi connectivity index (χ2n) is 6.10. The van der Waals surface area contributed by atoms with Gasteiger partial charge >= 0.3 is 16.3 Å². The number of ketones is 1. The van der Waals surface area contributed by atoms with Crippen molar-refractivity contribution < 1.29 is 35.4 Å². The van der Waals surface area contributed by atoms with E-state index < -0.39 is 27.6 Å². The first-order chi connectivity index (χ1) is 13.5. The van der Waals surface area contributed by atoms with Crippen molar-refractivity contribution in [1.29, 1.82) is 0 Å². The smallest absolute Gasteiger partial charge is 0.437 e. The molecule has 0 N–H and O–H groups in total. The lowest BCUT2D eigenvalue weighted by Crippen LogP contribution is -2.25. The molecule has 0 aliphatic carbocycles. The van der Waals surface area contributed by atoms with E-state index in [9.17, 15) is 26.4 Å². The SMILES string of the molecule is CC(=O)CCOc1ccc(/C(=N/OS(=O)(=O)c2ccc(C)cc2)C(F)(F)F)cc1. The van der Waals surface area contributed by atoms with Gasteiger partial charge in [0.05, 0.1) is 6.61 Å². The Bertz CT molecular complexity index is 982. The molecule has 0 unspecified atom stereocenters. The fourth-order valence-corrected chi connectivity index (χ4v) is 2.85. The van der Waals surface area contributed by atoms with Gasteiger partial charge in [0.1, 0.15) is 16.4 Å². The molecule has 0 heterocycles. The summed E-state index contributed by atoms with van der Waals surface area (Å²) >= 11 is 0. The fraction of sp³-hybridized carbons (Fsp3) is 0.263. The number of rotatable bonds is 8. The Morgan fingerprint density at radius 3 is 2.14 bits per heavy atom. The van der Waals surface area contributed by atoms with Crippen LogP contribution in [0.2, 0.25) is 0 Å². The molecule has 29 heavy (non-hydrogen) atoms. The first-order valence-corrected chi connectivity index (χ1v) is 9.78. The predicted molar refractivity (Wildman–Crippen MR) is 99.3 cm³/mol. The minimum absolute atomic E-state index is 0.0833. The van der Waals surface area contributed by atoms with E-state index in [1.165, 1.54) is 43.3 Å². The van der Waals surface area contributed by atoms with Gasteiger partial charge in [0.2, 0.25) is 0 Å². The molecular weight excluding hydrogens is 411 g/mol. The number of hydrogen-bond acceptors (Lipinski definition) is 6. The molecule has 0 radical (unpaired) electrons. The topological polar surface area (TPSA) is 82.0 Å². The second-order valence-corrected chi connectivity index (χ2v) is 7.63. The Kier molecular flexibility index (Phi) is 7.02. The molecule has 0 amide bonds. The zero-order valence-corrected chi connectivity index (χ0v) is 16.4. The Labute approximate surface area is 166 Å². The zero-order valence-electron chi connectivity index (χ0n) is 15.6. The Morgan fingerprint density at radius 1 is 1.03 bits per heavy atom. The van der Waals surface area contributed by atoms with Gasteiger partial charge in [-0.1, -0.05) is 22.9 Å². The number of oxime groups is 1. The first-order valence-electron chi connectivity index (χ1n) is 8.37. The highest BCUT2D eigenvalue weighted by atomic mass is 32.2. The number of halogens is 3. The van der Waals surface area contributed by atoms with E-state index >= 15 is 0 Å². The molecule has 0 fully saturated rings. The van der Waals surface area contributed by atoms with Crippen LogP contribution in [-0.4, -0.2) is 32.7 Å². The van der Waals surface area contributed by atoms with E-state index in [1.54, 1.807) is 6.92 Å². The molecule has 0 aromatic heterocycles. The summed E-state index contributed by atoms with van der Waals surface area (Å²) in [6.07, 6.45) is -4.79. The fourth-order valence-electron chi connectivity index (χ4n) is 2.12. The monoisotopic (exact) mass is 429 g/mol. The van der Waals surface area contributed by atoms with Crippen LogP contribution in [0.25, 0.3) is 0 Å². The molecule has 10 heteroatoms. The summed E-state index contributed by atoms with van der Waals surface area (Å²) in [7, 11) is -4.51. The number of Topliss-reactive ketones (excluding diaryl/α,β-unsaturated/α-hetero) is 1. The highest BCUT2D eigenvalue weighted by Crippen LogP contribution is 2.25. The summed E-state index contributed by atoms with van der Waals surface area (Å²) in [4.78, 5) is 10.6. The standard InChI is InChI=1S/C19H18F3NO5S/c1-13-3-9-17(10-4-13)29(25,26)28-23-18(19(20,21)22)15-5-7-16(8-6-15)27-12-11-14(2)24/h3-10H,11-12H2,1-2H3/b23-18-. The van der Waals surface area contributed by atoms with Crippen LogP contribution in [0.15, 0.2) is 58.6 Å².